The summed E-state index contributed by atoms with van der Waals surface area (Å²) in [5.41, 5.74) is 3.10. The zero-order chi connectivity index (χ0) is 21.9. The van der Waals surface area contributed by atoms with Gasteiger partial charge in [-0.05, 0) is 48.2 Å². The van der Waals surface area contributed by atoms with Crippen molar-refractivity contribution in [3.8, 4) is 5.75 Å². The molecule has 2 aromatic heterocycles. The summed E-state index contributed by atoms with van der Waals surface area (Å²) >= 11 is 2.97. The van der Waals surface area contributed by atoms with Crippen LogP contribution >= 0.6 is 23.1 Å². The molecule has 5 rings (SSSR count). The molecule has 4 aromatic rings. The number of benzene rings is 2. The van der Waals surface area contributed by atoms with Gasteiger partial charge in [-0.15, -0.1) is 0 Å². The Bertz CT molecular complexity index is 1260. The minimum absolute atomic E-state index is 0.0669. The van der Waals surface area contributed by atoms with Crippen LogP contribution in [-0.2, 0) is 11.2 Å². The molecule has 1 amide bonds. The molecule has 5 nitrogen and oxygen atoms in total. The van der Waals surface area contributed by atoms with Crippen molar-refractivity contribution in [2.45, 2.75) is 37.1 Å². The molecule has 1 N–H and O–H groups in total. The van der Waals surface area contributed by atoms with E-state index in [2.05, 4.69) is 28.5 Å². The summed E-state index contributed by atoms with van der Waals surface area (Å²) in [5, 5.41) is 5.69. The van der Waals surface area contributed by atoms with Gasteiger partial charge in [-0.3, -0.25) is 4.79 Å². The Kier molecular flexibility index (Phi) is 6.28. The Morgan fingerprint density at radius 3 is 2.81 bits per heavy atom. The molecular formula is C25H25N3O2S2. The van der Waals surface area contributed by atoms with Gasteiger partial charge in [0.2, 0.25) is 5.91 Å². The van der Waals surface area contributed by atoms with Crippen molar-refractivity contribution < 1.29 is 9.53 Å². The second kappa shape index (κ2) is 9.46. The molecule has 0 radical (unpaired) electrons. The number of ether oxygens (including phenoxy) is 1. The Morgan fingerprint density at radius 2 is 1.97 bits per heavy atom. The number of carbonyl (C=O) groups excluding carboxylic acids is 1. The van der Waals surface area contributed by atoms with Crippen molar-refractivity contribution in [2.75, 3.05) is 18.2 Å². The van der Waals surface area contributed by atoms with Gasteiger partial charge >= 0.3 is 0 Å². The van der Waals surface area contributed by atoms with Crippen molar-refractivity contribution in [3.05, 3.63) is 54.1 Å². The van der Waals surface area contributed by atoms with E-state index in [1.165, 1.54) is 59.7 Å². The van der Waals surface area contributed by atoms with Gasteiger partial charge in [-0.25, -0.2) is 9.97 Å². The van der Waals surface area contributed by atoms with Crippen LogP contribution in [0.3, 0.4) is 0 Å². The number of pyridine rings is 1. The van der Waals surface area contributed by atoms with Crippen LogP contribution in [0.2, 0.25) is 0 Å². The van der Waals surface area contributed by atoms with Crippen molar-refractivity contribution in [3.63, 3.8) is 0 Å². The number of rotatable bonds is 7. The number of hydrogen-bond donors (Lipinski definition) is 1. The molecule has 0 spiro atoms. The number of fused-ring (bicyclic) bond motifs is 2. The van der Waals surface area contributed by atoms with Crippen LogP contribution in [0.4, 0.5) is 5.13 Å². The predicted octanol–water partition coefficient (Wildman–Crippen LogP) is 6.32. The van der Waals surface area contributed by atoms with Gasteiger partial charge in [0.25, 0.3) is 0 Å². The van der Waals surface area contributed by atoms with Crippen LogP contribution in [0, 0.1) is 5.92 Å². The summed E-state index contributed by atoms with van der Waals surface area (Å²) in [7, 11) is 1.64. The molecule has 1 aliphatic rings. The molecule has 164 valence electrons. The number of amides is 1. The molecule has 32 heavy (non-hydrogen) atoms. The van der Waals surface area contributed by atoms with E-state index in [1.807, 2.05) is 30.3 Å². The number of para-hydroxylation sites is 1. The molecule has 1 saturated carbocycles. The molecule has 0 atom stereocenters. The standard InChI is InChI=1S/C25H25N3O2S2/c1-30-19-10-11-21-22(14-19)32-25(27-21)28-23(29)15-31-24-18(12-16-6-2-3-7-16)13-17-8-4-5-9-20(17)26-24/h4-5,8-11,13-14,16H,2-3,6-7,12,15H2,1H3,(H,27,28,29). The van der Waals surface area contributed by atoms with Crippen molar-refractivity contribution >= 4 is 55.3 Å². The topological polar surface area (TPSA) is 64.1 Å². The fraction of sp³-hybridized carbons (Fsp3) is 0.320. The van der Waals surface area contributed by atoms with Crippen LogP contribution in [0.15, 0.2) is 53.6 Å². The van der Waals surface area contributed by atoms with Gasteiger partial charge in [0.15, 0.2) is 5.13 Å². The monoisotopic (exact) mass is 463 g/mol. The number of thiazole rings is 1. The highest BCUT2D eigenvalue weighted by Crippen LogP contribution is 2.33. The third-order valence-electron chi connectivity index (χ3n) is 5.93. The molecular weight excluding hydrogens is 438 g/mol. The lowest BCUT2D eigenvalue weighted by Gasteiger charge is -2.14. The van der Waals surface area contributed by atoms with E-state index in [0.717, 1.165) is 38.8 Å². The van der Waals surface area contributed by atoms with Crippen molar-refractivity contribution in [1.29, 1.82) is 0 Å². The summed E-state index contributed by atoms with van der Waals surface area (Å²) in [6.45, 7) is 0. The van der Waals surface area contributed by atoms with E-state index in [4.69, 9.17) is 9.72 Å². The van der Waals surface area contributed by atoms with Gasteiger partial charge in [-0.1, -0.05) is 67.0 Å². The van der Waals surface area contributed by atoms with Crippen LogP contribution in [-0.4, -0.2) is 28.7 Å². The van der Waals surface area contributed by atoms with E-state index < -0.39 is 0 Å². The first kappa shape index (κ1) is 21.2. The van der Waals surface area contributed by atoms with Gasteiger partial charge in [-0.2, -0.15) is 0 Å². The Hall–Kier alpha value is -2.64. The molecule has 0 aliphatic heterocycles. The molecule has 0 unspecified atom stereocenters. The molecule has 2 heterocycles. The number of hydrogen-bond acceptors (Lipinski definition) is 6. The number of nitrogens with zero attached hydrogens (tertiary/aromatic N) is 2. The van der Waals surface area contributed by atoms with Gasteiger partial charge in [0, 0.05) is 5.39 Å². The first-order valence-electron chi connectivity index (χ1n) is 10.9. The zero-order valence-electron chi connectivity index (χ0n) is 18.0. The maximum absolute atomic E-state index is 12.7. The number of aromatic nitrogens is 2. The maximum Gasteiger partial charge on any atom is 0.236 e. The first-order valence-corrected chi connectivity index (χ1v) is 12.7. The van der Waals surface area contributed by atoms with Crippen molar-refractivity contribution in [1.82, 2.24) is 9.97 Å². The largest absolute Gasteiger partial charge is 0.497 e. The van der Waals surface area contributed by atoms with Crippen molar-refractivity contribution in [2.24, 2.45) is 5.92 Å². The molecule has 7 heteroatoms. The molecule has 1 fully saturated rings. The second-order valence-corrected chi connectivity index (χ2v) is 10.2. The number of thioether (sulfide) groups is 1. The molecule has 0 bridgehead atoms. The zero-order valence-corrected chi connectivity index (χ0v) is 19.6. The molecule has 1 aliphatic carbocycles. The fourth-order valence-electron chi connectivity index (χ4n) is 4.31. The van der Waals surface area contributed by atoms with Crippen LogP contribution in [0.5, 0.6) is 5.75 Å². The quantitative estimate of drug-likeness (QED) is 0.325. The first-order chi connectivity index (χ1) is 15.7. The molecule has 0 saturated heterocycles. The lowest BCUT2D eigenvalue weighted by molar-refractivity contribution is -0.113. The number of methoxy groups -OCH3 is 1. The van der Waals surface area contributed by atoms with E-state index in [-0.39, 0.29) is 5.91 Å². The highest BCUT2D eigenvalue weighted by Gasteiger charge is 2.19. The summed E-state index contributed by atoms with van der Waals surface area (Å²) in [4.78, 5) is 22.1. The third-order valence-corrected chi connectivity index (χ3v) is 7.90. The highest BCUT2D eigenvalue weighted by molar-refractivity contribution is 8.00. The number of nitrogens with one attached hydrogen (secondary N) is 1. The molecule has 2 aromatic carbocycles. The summed E-state index contributed by atoms with van der Waals surface area (Å²) in [6, 6.07) is 16.2. The lowest BCUT2D eigenvalue weighted by atomic mass is 9.98. The van der Waals surface area contributed by atoms with E-state index in [0.29, 0.717) is 10.9 Å². The lowest BCUT2D eigenvalue weighted by Crippen LogP contribution is -2.14. The minimum atomic E-state index is -0.0669. The van der Waals surface area contributed by atoms with Crippen LogP contribution in [0.1, 0.15) is 31.2 Å². The van der Waals surface area contributed by atoms with Gasteiger partial charge in [0.1, 0.15) is 10.8 Å². The Labute approximate surface area is 195 Å². The third kappa shape index (κ3) is 4.74. The second-order valence-electron chi connectivity index (χ2n) is 8.19. The SMILES string of the molecule is COc1ccc2nc(NC(=O)CSc3nc4ccccc4cc3CC3CCCC3)sc2c1. The van der Waals surface area contributed by atoms with Crippen LogP contribution < -0.4 is 10.1 Å². The Balaban J connectivity index is 1.30. The van der Waals surface area contributed by atoms with Gasteiger partial charge in [0.05, 0.1) is 28.6 Å². The number of anilines is 1. The summed E-state index contributed by atoms with van der Waals surface area (Å²) in [6.07, 6.45) is 6.27. The smallest absolute Gasteiger partial charge is 0.236 e. The normalized spacial score (nSPS) is 14.3. The predicted molar refractivity (Wildman–Crippen MR) is 133 cm³/mol. The highest BCUT2D eigenvalue weighted by atomic mass is 32.2. The number of carbonyl (C=O) groups is 1. The summed E-state index contributed by atoms with van der Waals surface area (Å²) in [5.74, 6) is 1.75. The maximum atomic E-state index is 12.7. The minimum Gasteiger partial charge on any atom is -0.497 e. The van der Waals surface area contributed by atoms with Crippen LogP contribution in [0.25, 0.3) is 21.1 Å². The van der Waals surface area contributed by atoms with E-state index in [1.54, 1.807) is 7.11 Å². The van der Waals surface area contributed by atoms with Gasteiger partial charge < -0.3 is 10.1 Å². The van der Waals surface area contributed by atoms with E-state index in [9.17, 15) is 4.79 Å². The van der Waals surface area contributed by atoms with E-state index >= 15 is 0 Å². The average molecular weight is 464 g/mol. The Morgan fingerprint density at radius 1 is 1.12 bits per heavy atom. The summed E-state index contributed by atoms with van der Waals surface area (Å²) < 4.78 is 6.26. The fourth-order valence-corrected chi connectivity index (χ4v) is 6.05. The average Bonchev–Trinajstić information content (AvgIpc) is 3.46.